The van der Waals surface area contributed by atoms with E-state index in [2.05, 4.69) is 16.1 Å². The molecule has 2 aromatic rings. The van der Waals surface area contributed by atoms with E-state index in [1.54, 1.807) is 18.2 Å². The highest BCUT2D eigenvalue weighted by molar-refractivity contribution is 14.2. The lowest BCUT2D eigenvalue weighted by atomic mass is 9.99. The molecule has 0 aromatic heterocycles. The van der Waals surface area contributed by atoms with Gasteiger partial charge in [-0.05, 0) is 47.8 Å². The van der Waals surface area contributed by atoms with Crippen molar-refractivity contribution in [2.45, 2.75) is 38.5 Å². The van der Waals surface area contributed by atoms with Crippen molar-refractivity contribution < 1.29 is 19.7 Å². The molecule has 2 N–H and O–H groups in total. The zero-order chi connectivity index (χ0) is 22.9. The zero-order valence-corrected chi connectivity index (χ0v) is 19.5. The predicted molar refractivity (Wildman–Crippen MR) is 133 cm³/mol. The minimum Gasteiger partial charge on any atom is -0.504 e. The number of terminal acetylenes is 1. The number of hydrogen-bond acceptors (Lipinski definition) is 6. The van der Waals surface area contributed by atoms with Crippen molar-refractivity contribution in [2.24, 2.45) is 10.2 Å². The average Bonchev–Trinajstić information content (AvgIpc) is 2.78. The minimum absolute atomic E-state index is 0.111. The summed E-state index contributed by atoms with van der Waals surface area (Å²) in [5, 5.41) is 22.0. The number of aliphatic carboxylic acids is 1. The monoisotopic (exact) mass is 546 g/mol. The number of fused-ring (bicyclic) bond motifs is 1. The van der Waals surface area contributed by atoms with Gasteiger partial charge in [0.1, 0.15) is 5.69 Å². The van der Waals surface area contributed by atoms with Crippen LogP contribution in [0, 0.1) is 20.8 Å². The van der Waals surface area contributed by atoms with Crippen molar-refractivity contribution in [3.05, 3.63) is 55.5 Å². The number of carboxylic acid groups (broad SMARTS) is 1. The quantitative estimate of drug-likeness (QED) is 0.176. The third kappa shape index (κ3) is 6.23. The number of aliphatic imine (C=N–C) groups is 1. The number of unbranched alkanes of at least 4 members (excludes halogenated alkanes) is 3. The van der Waals surface area contributed by atoms with Crippen LogP contribution in [0.15, 0.2) is 40.5 Å². The topological polar surface area (TPSA) is 109 Å². The molecule has 32 heavy (non-hydrogen) atoms. The lowest BCUT2D eigenvalue weighted by Crippen LogP contribution is -2.11. The first kappa shape index (κ1) is 23.6. The molecule has 0 saturated heterocycles. The zero-order valence-electron chi connectivity index (χ0n) is 17.4. The van der Waals surface area contributed by atoms with Gasteiger partial charge in [-0.1, -0.05) is 45.6 Å². The van der Waals surface area contributed by atoms with Gasteiger partial charge in [-0.2, -0.15) is 0 Å². The number of rotatable bonds is 11. The number of aromatic hydroxyl groups is 1. The van der Waals surface area contributed by atoms with Crippen LogP contribution < -0.4 is 4.74 Å². The Morgan fingerprint density at radius 1 is 1.19 bits per heavy atom. The molecular formula is C24H23IN2O5. The van der Waals surface area contributed by atoms with Gasteiger partial charge in [0, 0.05) is 22.0 Å². The first-order valence-corrected chi connectivity index (χ1v) is 12.5. The molecule has 0 spiro atoms. The first-order valence-electron chi connectivity index (χ1n) is 10.2. The fourth-order valence-corrected chi connectivity index (χ4v) is 5.36. The number of carboxylic acids is 1. The van der Waals surface area contributed by atoms with Crippen LogP contribution in [0.1, 0.15) is 48.8 Å². The molecule has 0 atom stereocenters. The molecule has 0 unspecified atom stereocenters. The summed E-state index contributed by atoms with van der Waals surface area (Å²) in [6, 6.07) is 8.78. The molecule has 1 aliphatic rings. The van der Waals surface area contributed by atoms with Crippen LogP contribution in [0.25, 0.3) is 0 Å². The maximum atomic E-state index is 10.9. The van der Waals surface area contributed by atoms with E-state index in [9.17, 15) is 14.8 Å². The Bertz CT molecular complexity index is 1120. The van der Waals surface area contributed by atoms with Gasteiger partial charge < -0.3 is 14.9 Å². The number of nitrogens with zero attached hydrogens (tertiary/aromatic N) is 2. The maximum absolute atomic E-state index is 10.9. The van der Waals surface area contributed by atoms with Crippen LogP contribution in [0.4, 0.5) is 5.69 Å². The number of halogens is 1. The normalized spacial score (nSPS) is 12.2. The third-order valence-electron chi connectivity index (χ3n) is 4.96. The van der Waals surface area contributed by atoms with Gasteiger partial charge >= 0.3 is 5.97 Å². The number of phenols is 1. The molecule has 0 radical (unpaired) electrons. The van der Waals surface area contributed by atoms with E-state index in [1.807, 2.05) is 16.3 Å². The Morgan fingerprint density at radius 3 is 2.75 bits per heavy atom. The maximum Gasteiger partial charge on any atom is 0.303 e. The molecule has 166 valence electrons. The molecule has 0 saturated carbocycles. The predicted octanol–water partition coefficient (Wildman–Crippen LogP) is 5.13. The van der Waals surface area contributed by atoms with Gasteiger partial charge in [0.2, 0.25) is 0 Å². The van der Waals surface area contributed by atoms with Crippen molar-refractivity contribution in [1.29, 1.82) is 0 Å². The number of benzene rings is 2. The van der Waals surface area contributed by atoms with Crippen LogP contribution in [0.3, 0.4) is 0 Å². The van der Waals surface area contributed by atoms with Crippen molar-refractivity contribution >= 4 is 42.2 Å². The van der Waals surface area contributed by atoms with Crippen LogP contribution in [-0.2, 0) is 11.2 Å². The molecule has 1 heterocycles. The first-order chi connectivity index (χ1) is 15.5. The van der Waals surface area contributed by atoms with E-state index >= 15 is 0 Å². The van der Waals surface area contributed by atoms with Crippen LogP contribution >= 0.6 is 20.7 Å². The smallest absolute Gasteiger partial charge is 0.303 e. The molecule has 0 aliphatic carbocycles. The second-order valence-corrected chi connectivity index (χ2v) is 9.59. The Labute approximate surface area is 196 Å². The molecule has 0 bridgehead atoms. The molecular weight excluding hydrogens is 523 g/mol. The van der Waals surface area contributed by atoms with Crippen molar-refractivity contribution in [1.82, 2.24) is 0 Å². The van der Waals surface area contributed by atoms with Gasteiger partial charge in [-0.3, -0.25) is 9.79 Å². The molecule has 2 aromatic carbocycles. The highest BCUT2D eigenvalue weighted by atomic mass is 127. The molecule has 3 rings (SSSR count). The Balaban J connectivity index is 1.68. The second-order valence-electron chi connectivity index (χ2n) is 7.25. The summed E-state index contributed by atoms with van der Waals surface area (Å²) in [7, 11) is 0. The fraction of sp³-hybridized carbons (Fsp3) is 0.292. The van der Waals surface area contributed by atoms with E-state index < -0.39 is 26.7 Å². The molecule has 0 fully saturated rings. The highest BCUT2D eigenvalue weighted by Crippen LogP contribution is 2.35. The van der Waals surface area contributed by atoms with E-state index in [0.29, 0.717) is 30.8 Å². The summed E-state index contributed by atoms with van der Waals surface area (Å²) in [6.07, 6.45) is 9.34. The lowest BCUT2D eigenvalue weighted by Gasteiger charge is -2.16. The van der Waals surface area contributed by atoms with Gasteiger partial charge in [0.05, 0.1) is 22.0 Å². The fourth-order valence-electron chi connectivity index (χ4n) is 3.31. The molecule has 7 nitrogen and oxygen atoms in total. The van der Waals surface area contributed by atoms with Crippen molar-refractivity contribution in [2.75, 3.05) is 6.61 Å². The Hall–Kier alpha value is -3.06. The Kier molecular flexibility index (Phi) is 8.50. The summed E-state index contributed by atoms with van der Waals surface area (Å²) in [6.45, 7) is 0.443. The van der Waals surface area contributed by atoms with Crippen LogP contribution in [0.5, 0.6) is 11.5 Å². The summed E-state index contributed by atoms with van der Waals surface area (Å²) >= 11 is -0.450. The summed E-state index contributed by atoms with van der Waals surface area (Å²) < 4.78 is 8.78. The molecule has 8 heteroatoms. The highest BCUT2D eigenvalue weighted by Gasteiger charge is 2.17. The Morgan fingerprint density at radius 2 is 2.00 bits per heavy atom. The van der Waals surface area contributed by atoms with Gasteiger partial charge in [0.15, 0.2) is 11.5 Å². The van der Waals surface area contributed by atoms with E-state index in [1.165, 1.54) is 0 Å². The minimum atomic E-state index is -0.774. The number of nitroso groups, excluding NO2 is 1. The van der Waals surface area contributed by atoms with Crippen LogP contribution in [0.2, 0.25) is 0 Å². The summed E-state index contributed by atoms with van der Waals surface area (Å²) in [5.74, 6) is 2.24. The van der Waals surface area contributed by atoms with E-state index in [0.717, 1.165) is 39.7 Å². The standard InChI is InChI=1S/C24H23IN2O5/c1-2-17-11-16(8-9-20(17)27-31)12-21-18-13-23(22(28)14-19(18)25-15-26-21)32-10-6-4-3-5-7-24(29)30/h1,8-9,11,13-15,28H,3-7,10,12H2,(H,29,30). The number of phenolic OH excluding ortho intramolecular Hbond substituents is 1. The number of carbonyl (C=O) groups is 1. The third-order valence-corrected chi connectivity index (χ3v) is 7.08. The van der Waals surface area contributed by atoms with Crippen LogP contribution in [-0.4, -0.2) is 32.6 Å². The van der Waals surface area contributed by atoms with Gasteiger partial charge in [-0.15, -0.1) is 11.3 Å². The summed E-state index contributed by atoms with van der Waals surface area (Å²) in [4.78, 5) is 26.0. The second kappa shape index (κ2) is 11.5. The molecule has 0 amide bonds. The van der Waals surface area contributed by atoms with Crippen molar-refractivity contribution in [3.63, 3.8) is 0 Å². The average molecular weight is 546 g/mol. The molecule has 1 aliphatic heterocycles. The van der Waals surface area contributed by atoms with E-state index in [4.69, 9.17) is 16.3 Å². The van der Waals surface area contributed by atoms with Crippen molar-refractivity contribution in [3.8, 4) is 23.8 Å². The number of hydrogen-bond donors (Lipinski definition) is 2. The lowest BCUT2D eigenvalue weighted by molar-refractivity contribution is -0.137. The SMILES string of the molecule is C#Cc1cc(CC2=NC=Ic3cc(O)c(OCCCCCCC(=O)O)cc32)ccc1N=O. The van der Waals surface area contributed by atoms with Gasteiger partial charge in [0.25, 0.3) is 0 Å². The summed E-state index contributed by atoms with van der Waals surface area (Å²) in [5.41, 5.74) is 3.40. The van der Waals surface area contributed by atoms with Gasteiger partial charge in [-0.25, -0.2) is 0 Å². The number of ether oxygens (including phenoxy) is 1. The largest absolute Gasteiger partial charge is 0.504 e. The van der Waals surface area contributed by atoms with E-state index in [-0.39, 0.29) is 17.9 Å².